The Balaban J connectivity index is 1.35. The Morgan fingerprint density at radius 3 is 2.75 bits per heavy atom. The number of carbonyl (C=O) groups is 1. The number of pyridine rings is 2. The number of benzene rings is 1. The second kappa shape index (κ2) is 9.90. The zero-order valence-corrected chi connectivity index (χ0v) is 20.7. The lowest BCUT2D eigenvalue weighted by Gasteiger charge is -2.39. The molecule has 4 N–H and O–H groups in total. The maximum atomic E-state index is 13.2. The molecule has 1 saturated heterocycles. The fraction of sp³-hybridized carbons (Fsp3) is 0.346. The number of amides is 1. The summed E-state index contributed by atoms with van der Waals surface area (Å²) in [6.45, 7) is 8.36. The smallest absolute Gasteiger partial charge is 0.263 e. The highest BCUT2D eigenvalue weighted by atomic mass is 16.5. The number of hydrogen-bond acceptors (Lipinski definition) is 8. The highest BCUT2D eigenvalue weighted by Gasteiger charge is 2.23. The lowest BCUT2D eigenvalue weighted by molar-refractivity contribution is 0.102. The zero-order valence-electron chi connectivity index (χ0n) is 20.7. The molecule has 10 heteroatoms. The van der Waals surface area contributed by atoms with E-state index in [9.17, 15) is 9.59 Å². The van der Waals surface area contributed by atoms with Crippen molar-refractivity contribution in [3.8, 4) is 5.88 Å². The van der Waals surface area contributed by atoms with Crippen LogP contribution in [-0.2, 0) is 0 Å². The number of nitrogens with zero attached hydrogens (tertiary/aromatic N) is 3. The van der Waals surface area contributed by atoms with E-state index in [1.807, 2.05) is 31.2 Å². The minimum atomic E-state index is -0.495. The average molecular weight is 490 g/mol. The van der Waals surface area contributed by atoms with Crippen LogP contribution < -0.4 is 31.1 Å². The molecule has 2 aromatic heterocycles. The van der Waals surface area contributed by atoms with E-state index >= 15 is 0 Å². The number of hydrogen-bond donors (Lipinski definition) is 4. The maximum Gasteiger partial charge on any atom is 0.263 e. The van der Waals surface area contributed by atoms with Crippen LogP contribution in [0, 0.1) is 6.92 Å². The summed E-state index contributed by atoms with van der Waals surface area (Å²) in [6.07, 6.45) is 3.15. The highest BCUT2D eigenvalue weighted by Crippen LogP contribution is 2.34. The number of aromatic nitrogens is 2. The van der Waals surface area contributed by atoms with Crippen LogP contribution >= 0.6 is 0 Å². The molecule has 1 aromatic carbocycles. The predicted octanol–water partition coefficient (Wildman–Crippen LogP) is 3.02. The number of H-pyrrole nitrogens is 1. The van der Waals surface area contributed by atoms with Crippen molar-refractivity contribution in [1.82, 2.24) is 14.9 Å². The van der Waals surface area contributed by atoms with Crippen LogP contribution in [0.15, 0.2) is 47.5 Å². The predicted molar refractivity (Wildman–Crippen MR) is 142 cm³/mol. The molecule has 2 aliphatic rings. The van der Waals surface area contributed by atoms with Gasteiger partial charge in [0.05, 0.1) is 17.6 Å². The number of aromatic amines is 1. The van der Waals surface area contributed by atoms with Crippen LogP contribution in [0.4, 0.5) is 28.4 Å². The first-order valence-corrected chi connectivity index (χ1v) is 12.1. The molecule has 0 saturated carbocycles. The van der Waals surface area contributed by atoms with Crippen molar-refractivity contribution in [1.29, 1.82) is 0 Å². The number of piperazine rings is 1. The van der Waals surface area contributed by atoms with Crippen LogP contribution in [0.25, 0.3) is 0 Å². The number of rotatable bonds is 5. The molecule has 0 radical (unpaired) electrons. The molecule has 2 aliphatic heterocycles. The van der Waals surface area contributed by atoms with Gasteiger partial charge in [-0.2, -0.15) is 0 Å². The molecule has 1 amide bonds. The van der Waals surface area contributed by atoms with Gasteiger partial charge in [-0.05, 0) is 51.2 Å². The van der Waals surface area contributed by atoms with Gasteiger partial charge in [-0.15, -0.1) is 0 Å². The Bertz CT molecular complexity index is 1320. The normalized spacial score (nSPS) is 17.5. The summed E-state index contributed by atoms with van der Waals surface area (Å²) in [4.78, 5) is 37.5. The second-order valence-electron chi connectivity index (χ2n) is 9.28. The lowest BCUT2D eigenvalue weighted by atomic mass is 10.1. The van der Waals surface area contributed by atoms with Gasteiger partial charge in [0.2, 0.25) is 5.88 Å². The van der Waals surface area contributed by atoms with Gasteiger partial charge in [0.15, 0.2) is 0 Å². The van der Waals surface area contributed by atoms with E-state index in [-0.39, 0.29) is 5.56 Å². The van der Waals surface area contributed by atoms with Crippen LogP contribution in [0.5, 0.6) is 5.88 Å². The Hall–Kier alpha value is -4.05. The van der Waals surface area contributed by atoms with Crippen molar-refractivity contribution in [3.63, 3.8) is 0 Å². The average Bonchev–Trinajstić information content (AvgIpc) is 2.86. The molecular weight excluding hydrogens is 458 g/mol. The van der Waals surface area contributed by atoms with Crippen molar-refractivity contribution < 1.29 is 9.53 Å². The van der Waals surface area contributed by atoms with Gasteiger partial charge in [-0.25, -0.2) is 4.98 Å². The molecule has 188 valence electrons. The molecule has 0 spiro atoms. The van der Waals surface area contributed by atoms with E-state index < -0.39 is 11.5 Å². The topological polar surface area (TPSA) is 115 Å². The van der Waals surface area contributed by atoms with Gasteiger partial charge in [0.25, 0.3) is 11.5 Å². The third-order valence-electron chi connectivity index (χ3n) is 6.69. The summed E-state index contributed by atoms with van der Waals surface area (Å²) in [5.41, 5.74) is 4.00. The Labute approximate surface area is 209 Å². The molecule has 0 aliphatic carbocycles. The summed E-state index contributed by atoms with van der Waals surface area (Å²) in [5, 5.41) is 9.36. The minimum absolute atomic E-state index is 0.00408. The van der Waals surface area contributed by atoms with Gasteiger partial charge in [0.1, 0.15) is 17.9 Å². The summed E-state index contributed by atoms with van der Waals surface area (Å²) < 4.78 is 5.59. The summed E-state index contributed by atoms with van der Waals surface area (Å²) in [7, 11) is 2.13. The third kappa shape index (κ3) is 4.72. The van der Waals surface area contributed by atoms with Crippen molar-refractivity contribution in [2.45, 2.75) is 19.9 Å². The largest absolute Gasteiger partial charge is 0.474 e. The van der Waals surface area contributed by atoms with Gasteiger partial charge < -0.3 is 35.5 Å². The monoisotopic (exact) mass is 489 g/mol. The number of carbonyl (C=O) groups excluding carboxylic acids is 1. The van der Waals surface area contributed by atoms with E-state index in [2.05, 4.69) is 49.7 Å². The van der Waals surface area contributed by atoms with E-state index in [0.717, 1.165) is 36.6 Å². The van der Waals surface area contributed by atoms with Crippen LogP contribution in [0.1, 0.15) is 22.8 Å². The number of likely N-dealkylation sites (N-methyl/N-ethyl adjacent to an activating group) is 1. The van der Waals surface area contributed by atoms with Crippen molar-refractivity contribution in [2.24, 2.45) is 0 Å². The molecule has 5 rings (SSSR count). The number of ether oxygens (including phenoxy) is 1. The quantitative estimate of drug-likeness (QED) is 0.433. The maximum absolute atomic E-state index is 13.2. The Morgan fingerprint density at radius 1 is 1.17 bits per heavy atom. The van der Waals surface area contributed by atoms with Crippen molar-refractivity contribution in [3.05, 3.63) is 64.2 Å². The van der Waals surface area contributed by atoms with Gasteiger partial charge in [-0.1, -0.05) is 0 Å². The molecular formula is C26H31N7O3. The summed E-state index contributed by atoms with van der Waals surface area (Å²) in [6, 6.07) is 9.81. The molecule has 36 heavy (non-hydrogen) atoms. The molecule has 0 bridgehead atoms. The van der Waals surface area contributed by atoms with Crippen molar-refractivity contribution >= 4 is 34.3 Å². The van der Waals surface area contributed by atoms with E-state index in [0.29, 0.717) is 42.1 Å². The highest BCUT2D eigenvalue weighted by molar-refractivity contribution is 6.08. The number of fused-ring (bicyclic) bond motifs is 1. The summed E-state index contributed by atoms with van der Waals surface area (Å²) in [5.74, 6) is 0.0488. The molecule has 1 fully saturated rings. The lowest BCUT2D eigenvalue weighted by Crippen LogP contribution is -2.50. The molecule has 10 nitrogen and oxygen atoms in total. The number of nitrogens with one attached hydrogen (secondary N) is 4. The standard InChI is InChI=1S/C26H31N7O3/c1-16-15-32(3)11-12-33(16)19-6-4-18(5-7-19)30-25(35)22-20(8-9-28-24(22)34)31-21-14-29-26-23(17(21)2)27-10-13-36-26/h4-9,14,16,27H,10-13,15H2,1-3H3,(H,30,35)(H2,28,31,34). The Kier molecular flexibility index (Phi) is 6.51. The SMILES string of the molecule is Cc1c(Nc2cc[nH]c(=O)c2C(=O)Nc2ccc(N3CCN(C)CC3C)cc2)cnc2c1NCCO2. The summed E-state index contributed by atoms with van der Waals surface area (Å²) >= 11 is 0. The fourth-order valence-electron chi connectivity index (χ4n) is 4.75. The van der Waals surface area contributed by atoms with Gasteiger partial charge in [0, 0.05) is 55.4 Å². The molecule has 3 aromatic rings. The van der Waals surface area contributed by atoms with Gasteiger partial charge >= 0.3 is 0 Å². The third-order valence-corrected chi connectivity index (χ3v) is 6.69. The van der Waals surface area contributed by atoms with E-state index in [1.165, 1.54) is 6.20 Å². The fourth-order valence-corrected chi connectivity index (χ4v) is 4.75. The van der Waals surface area contributed by atoms with E-state index in [1.54, 1.807) is 12.3 Å². The first kappa shape index (κ1) is 23.7. The molecule has 4 heterocycles. The Morgan fingerprint density at radius 2 is 1.97 bits per heavy atom. The van der Waals surface area contributed by atoms with Crippen LogP contribution in [0.3, 0.4) is 0 Å². The van der Waals surface area contributed by atoms with Crippen LogP contribution in [-0.4, -0.2) is 66.7 Å². The second-order valence-corrected chi connectivity index (χ2v) is 9.28. The molecule has 1 atom stereocenters. The van der Waals surface area contributed by atoms with Gasteiger partial charge in [-0.3, -0.25) is 9.59 Å². The van der Waals surface area contributed by atoms with Crippen LogP contribution in [0.2, 0.25) is 0 Å². The zero-order chi connectivity index (χ0) is 25.2. The first-order chi connectivity index (χ1) is 17.4. The molecule has 1 unspecified atom stereocenters. The number of anilines is 5. The van der Waals surface area contributed by atoms with E-state index in [4.69, 9.17) is 4.74 Å². The van der Waals surface area contributed by atoms with Crippen molar-refractivity contribution in [2.75, 3.05) is 60.7 Å². The minimum Gasteiger partial charge on any atom is -0.474 e. The first-order valence-electron chi connectivity index (χ1n) is 12.1.